The van der Waals surface area contributed by atoms with Crippen LogP contribution in [0.25, 0.3) is 0 Å². The summed E-state index contributed by atoms with van der Waals surface area (Å²) in [5, 5.41) is 0. The van der Waals surface area contributed by atoms with Crippen LogP contribution >= 0.6 is 0 Å². The summed E-state index contributed by atoms with van der Waals surface area (Å²) in [7, 11) is 3.76. The van der Waals surface area contributed by atoms with Gasteiger partial charge < -0.3 is 15.2 Å². The van der Waals surface area contributed by atoms with E-state index in [9.17, 15) is 4.79 Å². The molecular formula is C12H20N4O. The fraction of sp³-hybridized carbons (Fsp3) is 0.667. The van der Waals surface area contributed by atoms with Crippen molar-refractivity contribution in [2.24, 2.45) is 18.2 Å². The number of hydrogen-bond acceptors (Lipinski definition) is 3. The van der Waals surface area contributed by atoms with Crippen molar-refractivity contribution in [3.63, 3.8) is 0 Å². The first-order valence-electron chi connectivity index (χ1n) is 6.01. The third-order valence-corrected chi connectivity index (χ3v) is 3.80. The summed E-state index contributed by atoms with van der Waals surface area (Å²) in [6.07, 6.45) is 6.59. The molecule has 1 saturated carbocycles. The number of nitrogens with zero attached hydrogens (tertiary/aromatic N) is 3. The highest BCUT2D eigenvalue weighted by molar-refractivity contribution is 5.83. The minimum atomic E-state index is -0.292. The third kappa shape index (κ3) is 2.07. The van der Waals surface area contributed by atoms with Crippen LogP contribution in [0.4, 0.5) is 0 Å². The summed E-state index contributed by atoms with van der Waals surface area (Å²) in [6, 6.07) is 0. The first-order chi connectivity index (χ1) is 8.09. The van der Waals surface area contributed by atoms with Crippen molar-refractivity contribution < 1.29 is 4.79 Å². The molecule has 0 atom stereocenters. The van der Waals surface area contributed by atoms with Crippen LogP contribution in [0.2, 0.25) is 0 Å². The number of nitrogens with two attached hydrogens (primary N) is 1. The van der Waals surface area contributed by atoms with Gasteiger partial charge in [0.15, 0.2) is 0 Å². The predicted molar refractivity (Wildman–Crippen MR) is 65.0 cm³/mol. The normalized spacial score (nSPS) is 17.6. The van der Waals surface area contributed by atoms with Gasteiger partial charge in [-0.3, -0.25) is 4.79 Å². The minimum Gasteiger partial charge on any atom is -0.338 e. The average molecular weight is 236 g/mol. The number of rotatable bonds is 4. The second-order valence-corrected chi connectivity index (χ2v) is 4.95. The summed E-state index contributed by atoms with van der Waals surface area (Å²) in [5.41, 5.74) is 5.45. The lowest BCUT2D eigenvalue weighted by molar-refractivity contribution is -0.145. The van der Waals surface area contributed by atoms with Gasteiger partial charge in [0.1, 0.15) is 5.82 Å². The lowest BCUT2D eigenvalue weighted by Gasteiger charge is -2.41. The van der Waals surface area contributed by atoms with Gasteiger partial charge in [0.2, 0.25) is 5.91 Å². The maximum Gasteiger partial charge on any atom is 0.230 e. The molecule has 2 N–H and O–H groups in total. The summed E-state index contributed by atoms with van der Waals surface area (Å²) >= 11 is 0. The molecule has 0 bridgehead atoms. The van der Waals surface area contributed by atoms with Crippen molar-refractivity contribution in [1.82, 2.24) is 14.5 Å². The molecule has 1 aliphatic carbocycles. The van der Waals surface area contributed by atoms with Crippen LogP contribution in [0.15, 0.2) is 12.4 Å². The molecule has 1 aliphatic rings. The number of aromatic nitrogens is 2. The Morgan fingerprint density at radius 2 is 2.35 bits per heavy atom. The van der Waals surface area contributed by atoms with Gasteiger partial charge in [-0.25, -0.2) is 4.98 Å². The summed E-state index contributed by atoms with van der Waals surface area (Å²) in [6.45, 7) is 1.00. The average Bonchev–Trinajstić information content (AvgIpc) is 2.63. The number of imidazole rings is 1. The molecule has 5 nitrogen and oxygen atoms in total. The first-order valence-corrected chi connectivity index (χ1v) is 6.01. The predicted octanol–water partition coefficient (Wildman–Crippen LogP) is 0.508. The molecule has 0 radical (unpaired) electrons. The van der Waals surface area contributed by atoms with E-state index < -0.39 is 0 Å². The summed E-state index contributed by atoms with van der Waals surface area (Å²) in [4.78, 5) is 18.3. The molecule has 5 heteroatoms. The Labute approximate surface area is 102 Å². The van der Waals surface area contributed by atoms with E-state index in [0.717, 1.165) is 25.1 Å². The molecule has 1 fully saturated rings. The Balaban J connectivity index is 2.03. The van der Waals surface area contributed by atoms with Crippen molar-refractivity contribution in [3.8, 4) is 0 Å². The van der Waals surface area contributed by atoms with Crippen molar-refractivity contribution in [2.75, 3.05) is 13.6 Å². The third-order valence-electron chi connectivity index (χ3n) is 3.80. The summed E-state index contributed by atoms with van der Waals surface area (Å²) in [5.74, 6) is 1.06. The van der Waals surface area contributed by atoms with Crippen molar-refractivity contribution in [3.05, 3.63) is 18.2 Å². The van der Waals surface area contributed by atoms with Crippen LogP contribution < -0.4 is 5.73 Å². The van der Waals surface area contributed by atoms with E-state index >= 15 is 0 Å². The maximum absolute atomic E-state index is 12.3. The monoisotopic (exact) mass is 236 g/mol. The van der Waals surface area contributed by atoms with E-state index in [4.69, 9.17) is 5.73 Å². The quantitative estimate of drug-likeness (QED) is 0.828. The van der Waals surface area contributed by atoms with Crippen LogP contribution in [-0.4, -0.2) is 34.0 Å². The van der Waals surface area contributed by atoms with Crippen molar-refractivity contribution in [2.45, 2.75) is 25.8 Å². The Kier molecular flexibility index (Phi) is 3.19. The van der Waals surface area contributed by atoms with Crippen molar-refractivity contribution in [1.29, 1.82) is 0 Å². The highest BCUT2D eigenvalue weighted by atomic mass is 16.2. The van der Waals surface area contributed by atoms with Gasteiger partial charge in [-0.05, 0) is 12.8 Å². The number of hydrogen-bond donors (Lipinski definition) is 1. The highest BCUT2D eigenvalue weighted by Crippen LogP contribution is 2.41. The molecule has 0 aliphatic heterocycles. The molecule has 2 rings (SSSR count). The maximum atomic E-state index is 12.3. The largest absolute Gasteiger partial charge is 0.338 e. The zero-order chi connectivity index (χ0) is 12.5. The van der Waals surface area contributed by atoms with Crippen LogP contribution in [0.1, 0.15) is 25.1 Å². The van der Waals surface area contributed by atoms with Gasteiger partial charge in [-0.2, -0.15) is 0 Å². The molecule has 1 heterocycles. The topological polar surface area (TPSA) is 64.2 Å². The Hall–Kier alpha value is -1.36. The zero-order valence-corrected chi connectivity index (χ0v) is 10.5. The van der Waals surface area contributed by atoms with Gasteiger partial charge in [0, 0.05) is 33.0 Å². The highest BCUT2D eigenvalue weighted by Gasteiger charge is 2.44. The Morgan fingerprint density at radius 1 is 1.65 bits per heavy atom. The van der Waals surface area contributed by atoms with Gasteiger partial charge >= 0.3 is 0 Å². The lowest BCUT2D eigenvalue weighted by Crippen LogP contribution is -2.50. The molecular weight excluding hydrogens is 216 g/mol. The lowest BCUT2D eigenvalue weighted by atomic mass is 9.68. The molecule has 0 spiro atoms. The van der Waals surface area contributed by atoms with E-state index in [2.05, 4.69) is 4.98 Å². The number of carbonyl (C=O) groups is 1. The van der Waals surface area contributed by atoms with Crippen LogP contribution in [0, 0.1) is 5.41 Å². The Morgan fingerprint density at radius 3 is 2.76 bits per heavy atom. The van der Waals surface area contributed by atoms with Crippen LogP contribution in [0.5, 0.6) is 0 Å². The molecule has 1 amide bonds. The zero-order valence-electron chi connectivity index (χ0n) is 10.5. The van der Waals surface area contributed by atoms with Gasteiger partial charge in [-0.1, -0.05) is 6.42 Å². The SMILES string of the molecule is CN(Cc1nccn1C)C(=O)C1(CN)CCC1. The second-order valence-electron chi connectivity index (χ2n) is 4.95. The number of aryl methyl sites for hydroxylation is 1. The number of amides is 1. The molecule has 0 aromatic carbocycles. The molecule has 17 heavy (non-hydrogen) atoms. The molecule has 1 aromatic heterocycles. The fourth-order valence-electron chi connectivity index (χ4n) is 2.35. The van der Waals surface area contributed by atoms with E-state index in [0.29, 0.717) is 13.1 Å². The van der Waals surface area contributed by atoms with Gasteiger partial charge in [0.25, 0.3) is 0 Å². The minimum absolute atomic E-state index is 0.161. The molecule has 1 aromatic rings. The second kappa shape index (κ2) is 4.49. The van der Waals surface area contributed by atoms with E-state index in [1.807, 2.05) is 24.9 Å². The van der Waals surface area contributed by atoms with Crippen LogP contribution in [-0.2, 0) is 18.4 Å². The van der Waals surface area contributed by atoms with E-state index in [-0.39, 0.29) is 11.3 Å². The summed E-state index contributed by atoms with van der Waals surface area (Å²) < 4.78 is 1.93. The fourth-order valence-corrected chi connectivity index (χ4v) is 2.35. The molecule has 0 saturated heterocycles. The van der Waals surface area contributed by atoms with E-state index in [1.54, 1.807) is 11.1 Å². The standard InChI is InChI=1S/C12H20N4O/c1-15-7-6-14-10(15)8-16(2)11(17)12(9-13)4-3-5-12/h6-7H,3-5,8-9,13H2,1-2H3. The molecule has 0 unspecified atom stereocenters. The number of carbonyl (C=O) groups excluding carboxylic acids is 1. The molecule has 94 valence electrons. The van der Waals surface area contributed by atoms with Gasteiger partial charge in [0.05, 0.1) is 12.0 Å². The first kappa shape index (κ1) is 12.1. The smallest absolute Gasteiger partial charge is 0.230 e. The van der Waals surface area contributed by atoms with Crippen LogP contribution in [0.3, 0.4) is 0 Å². The van der Waals surface area contributed by atoms with Gasteiger partial charge in [-0.15, -0.1) is 0 Å². The Bertz CT molecular complexity index is 403. The van der Waals surface area contributed by atoms with Crippen molar-refractivity contribution >= 4 is 5.91 Å². The van der Waals surface area contributed by atoms with E-state index in [1.165, 1.54) is 0 Å².